The Kier molecular flexibility index (Phi) is 6.37. The van der Waals surface area contributed by atoms with Crippen molar-refractivity contribution in [2.45, 2.75) is 18.4 Å². The van der Waals surface area contributed by atoms with Crippen molar-refractivity contribution in [1.29, 1.82) is 0 Å². The van der Waals surface area contributed by atoms with Crippen LogP contribution in [0, 0.1) is 12.7 Å². The van der Waals surface area contributed by atoms with Crippen LogP contribution in [0.2, 0.25) is 0 Å². The first-order valence-corrected chi connectivity index (χ1v) is 12.0. The molecule has 1 N–H and O–H groups in total. The van der Waals surface area contributed by atoms with Gasteiger partial charge >= 0.3 is 0 Å². The van der Waals surface area contributed by atoms with Gasteiger partial charge in [0.05, 0.1) is 24.1 Å². The van der Waals surface area contributed by atoms with Gasteiger partial charge in [-0.15, -0.1) is 0 Å². The molecule has 0 spiro atoms. The molecule has 0 atom stereocenters. The van der Waals surface area contributed by atoms with Crippen LogP contribution in [0.1, 0.15) is 16.7 Å². The van der Waals surface area contributed by atoms with Crippen LogP contribution in [0.15, 0.2) is 71.8 Å². The second kappa shape index (κ2) is 9.76. The number of hydrogen-bond acceptors (Lipinski definition) is 6. The average molecular weight is 488 g/mol. The Morgan fingerprint density at radius 3 is 2.71 bits per heavy atom. The topological polar surface area (TPSA) is 73.3 Å². The fourth-order valence-corrected chi connectivity index (χ4v) is 4.66. The molecule has 1 amide bonds. The maximum Gasteiger partial charge on any atom is 0.234 e. The molecule has 1 aliphatic rings. The Bertz CT molecular complexity index is 1410. The lowest BCUT2D eigenvalue weighted by atomic mass is 10.0. The summed E-state index contributed by atoms with van der Waals surface area (Å²) in [6.45, 7) is 2.03. The molecule has 2 heterocycles. The van der Waals surface area contributed by atoms with Crippen molar-refractivity contribution in [1.82, 2.24) is 9.97 Å². The van der Waals surface area contributed by atoms with Gasteiger partial charge in [-0.05, 0) is 55.0 Å². The number of carbonyl (C=O) groups excluding carboxylic acids is 1. The minimum atomic E-state index is -0.338. The number of methoxy groups -OCH3 is 1. The number of carbonyl (C=O) groups is 1. The third-order valence-electron chi connectivity index (χ3n) is 5.54. The number of para-hydroxylation sites is 2. The van der Waals surface area contributed by atoms with Gasteiger partial charge in [-0.25, -0.2) is 9.37 Å². The number of ether oxygens (including phenoxy) is 2. The molecule has 3 aromatic carbocycles. The molecule has 0 saturated heterocycles. The van der Waals surface area contributed by atoms with Crippen molar-refractivity contribution >= 4 is 23.4 Å². The quantitative estimate of drug-likeness (QED) is 0.233. The number of fused-ring (bicyclic) bond motifs is 2. The maximum absolute atomic E-state index is 13.5. The number of rotatable bonds is 6. The summed E-state index contributed by atoms with van der Waals surface area (Å²) in [5.74, 6) is 1.79. The fourth-order valence-electron chi connectivity index (χ4n) is 3.84. The summed E-state index contributed by atoms with van der Waals surface area (Å²) in [5, 5.41) is 3.54. The van der Waals surface area contributed by atoms with Crippen molar-refractivity contribution in [2.24, 2.45) is 0 Å². The highest BCUT2D eigenvalue weighted by Crippen LogP contribution is 2.40. The van der Waals surface area contributed by atoms with Crippen LogP contribution in [-0.2, 0) is 11.2 Å². The molecule has 1 aliphatic heterocycles. The van der Waals surface area contributed by atoms with Gasteiger partial charge in [0, 0.05) is 12.0 Å². The van der Waals surface area contributed by atoms with E-state index in [0.717, 1.165) is 22.4 Å². The monoisotopic (exact) mass is 487 g/mol. The number of amides is 1. The third-order valence-corrected chi connectivity index (χ3v) is 6.56. The highest BCUT2D eigenvalue weighted by atomic mass is 32.2. The summed E-state index contributed by atoms with van der Waals surface area (Å²) in [4.78, 5) is 22.1. The molecule has 0 saturated carbocycles. The summed E-state index contributed by atoms with van der Waals surface area (Å²) in [6.07, 6.45) is 0.590. The van der Waals surface area contributed by atoms with Gasteiger partial charge in [0.2, 0.25) is 11.8 Å². The number of hydrogen-bond donors (Lipinski definition) is 1. The molecule has 35 heavy (non-hydrogen) atoms. The Labute approximate surface area is 206 Å². The molecule has 6 nitrogen and oxygen atoms in total. The van der Waals surface area contributed by atoms with E-state index in [9.17, 15) is 9.18 Å². The van der Waals surface area contributed by atoms with Crippen molar-refractivity contribution < 1.29 is 18.7 Å². The molecular weight excluding hydrogens is 465 g/mol. The zero-order valence-corrected chi connectivity index (χ0v) is 20.0. The van der Waals surface area contributed by atoms with Gasteiger partial charge in [-0.1, -0.05) is 41.6 Å². The second-order valence-corrected chi connectivity index (χ2v) is 9.03. The summed E-state index contributed by atoms with van der Waals surface area (Å²) in [6, 6.07) is 19.2. The van der Waals surface area contributed by atoms with E-state index in [1.807, 2.05) is 31.2 Å². The van der Waals surface area contributed by atoms with Crippen LogP contribution in [0.3, 0.4) is 0 Å². The number of aryl methyl sites for hydroxylation is 1. The Balaban J connectivity index is 1.45. The predicted molar refractivity (Wildman–Crippen MR) is 134 cm³/mol. The van der Waals surface area contributed by atoms with E-state index in [2.05, 4.69) is 16.4 Å². The first-order valence-electron chi connectivity index (χ1n) is 11.0. The molecule has 0 fully saturated rings. The average Bonchev–Trinajstić information content (AvgIpc) is 2.87. The van der Waals surface area contributed by atoms with Gasteiger partial charge in [0.25, 0.3) is 0 Å². The minimum Gasteiger partial charge on any atom is -0.495 e. The number of halogens is 1. The molecule has 4 aromatic rings. The van der Waals surface area contributed by atoms with Crippen molar-refractivity contribution in [3.8, 4) is 28.8 Å². The van der Waals surface area contributed by atoms with E-state index in [0.29, 0.717) is 40.2 Å². The largest absolute Gasteiger partial charge is 0.495 e. The Hall–Kier alpha value is -3.91. The first-order chi connectivity index (χ1) is 17.0. The highest BCUT2D eigenvalue weighted by Gasteiger charge is 2.25. The SMILES string of the molecule is COc1ccccc1NC(=O)CSc1nc(-c2ccc(F)cc2)nc2c1Cc1cc(C)ccc1O2. The first kappa shape index (κ1) is 22.9. The lowest BCUT2D eigenvalue weighted by Gasteiger charge is -2.22. The van der Waals surface area contributed by atoms with Crippen LogP contribution in [0.4, 0.5) is 10.1 Å². The molecule has 176 valence electrons. The van der Waals surface area contributed by atoms with E-state index >= 15 is 0 Å². The van der Waals surface area contributed by atoms with E-state index in [-0.39, 0.29) is 17.5 Å². The number of thioether (sulfide) groups is 1. The van der Waals surface area contributed by atoms with Gasteiger partial charge in [-0.2, -0.15) is 4.98 Å². The van der Waals surface area contributed by atoms with Gasteiger partial charge in [0.1, 0.15) is 22.3 Å². The number of nitrogens with one attached hydrogen (secondary N) is 1. The molecule has 0 radical (unpaired) electrons. The van der Waals surface area contributed by atoms with Crippen LogP contribution in [-0.4, -0.2) is 28.7 Å². The van der Waals surface area contributed by atoms with E-state index in [1.165, 1.54) is 23.9 Å². The summed E-state index contributed by atoms with van der Waals surface area (Å²) in [7, 11) is 1.56. The van der Waals surface area contributed by atoms with Gasteiger partial charge in [-0.3, -0.25) is 4.79 Å². The highest BCUT2D eigenvalue weighted by molar-refractivity contribution is 8.00. The van der Waals surface area contributed by atoms with Gasteiger partial charge < -0.3 is 14.8 Å². The summed E-state index contributed by atoms with van der Waals surface area (Å²) < 4.78 is 24.9. The Morgan fingerprint density at radius 1 is 1.11 bits per heavy atom. The zero-order chi connectivity index (χ0) is 24.4. The zero-order valence-electron chi connectivity index (χ0n) is 19.2. The number of benzene rings is 3. The predicted octanol–water partition coefficient (Wildman–Crippen LogP) is 6.03. The molecule has 1 aromatic heterocycles. The maximum atomic E-state index is 13.5. The number of anilines is 1. The third kappa shape index (κ3) is 4.97. The summed E-state index contributed by atoms with van der Waals surface area (Å²) >= 11 is 1.31. The van der Waals surface area contributed by atoms with E-state index < -0.39 is 0 Å². The minimum absolute atomic E-state index is 0.130. The molecule has 5 rings (SSSR count). The van der Waals surface area contributed by atoms with E-state index in [1.54, 1.807) is 31.4 Å². The van der Waals surface area contributed by atoms with Gasteiger partial charge in [0.15, 0.2) is 5.82 Å². The van der Waals surface area contributed by atoms with Crippen LogP contribution < -0.4 is 14.8 Å². The lowest BCUT2D eigenvalue weighted by Crippen LogP contribution is -2.16. The fraction of sp³-hybridized carbons (Fsp3) is 0.148. The number of aromatic nitrogens is 2. The van der Waals surface area contributed by atoms with Crippen LogP contribution >= 0.6 is 11.8 Å². The Morgan fingerprint density at radius 2 is 1.91 bits per heavy atom. The van der Waals surface area contributed by atoms with Crippen molar-refractivity contribution in [2.75, 3.05) is 18.2 Å². The molecule has 0 aliphatic carbocycles. The van der Waals surface area contributed by atoms with Crippen molar-refractivity contribution in [3.05, 3.63) is 89.2 Å². The number of nitrogens with zero attached hydrogens (tertiary/aromatic N) is 2. The normalized spacial score (nSPS) is 11.7. The van der Waals surface area contributed by atoms with Crippen LogP contribution in [0.5, 0.6) is 17.4 Å². The van der Waals surface area contributed by atoms with Crippen LogP contribution in [0.25, 0.3) is 11.4 Å². The molecule has 0 unspecified atom stereocenters. The van der Waals surface area contributed by atoms with Crippen molar-refractivity contribution in [3.63, 3.8) is 0 Å². The molecule has 8 heteroatoms. The summed E-state index contributed by atoms with van der Waals surface area (Å²) in [5.41, 5.74) is 4.25. The standard InChI is InChI=1S/C27H22FN3O3S/c1-16-7-12-22-18(13-16)14-20-26(34-22)30-25(17-8-10-19(28)11-9-17)31-27(20)35-15-24(32)29-21-5-3-4-6-23(21)33-2/h3-13H,14-15H2,1-2H3,(H,29,32). The molecule has 0 bridgehead atoms. The molecular formula is C27H22FN3O3S. The lowest BCUT2D eigenvalue weighted by molar-refractivity contribution is -0.113. The second-order valence-electron chi connectivity index (χ2n) is 8.07. The smallest absolute Gasteiger partial charge is 0.234 e. The van der Waals surface area contributed by atoms with E-state index in [4.69, 9.17) is 14.5 Å².